The van der Waals surface area contributed by atoms with Crippen molar-refractivity contribution < 1.29 is 4.79 Å². The number of fused-ring (bicyclic) bond motifs is 1. The van der Waals surface area contributed by atoms with Gasteiger partial charge in [-0.05, 0) is 30.9 Å². The number of carbonyl (C=O) groups is 1. The number of aromatic nitrogens is 1. The Morgan fingerprint density at radius 3 is 3.07 bits per heavy atom. The third kappa shape index (κ3) is 1.26. The number of aryl methyl sites for hydroxylation is 1. The fourth-order valence-corrected chi connectivity index (χ4v) is 2.40. The molecule has 1 aliphatic heterocycles. The van der Waals surface area contributed by atoms with E-state index < -0.39 is 0 Å². The lowest BCUT2D eigenvalue weighted by Crippen LogP contribution is -2.29. The smallest absolute Gasteiger partial charge is 0.231 e. The molecule has 0 bridgehead atoms. The molecule has 2 heterocycles. The predicted octanol–water partition coefficient (Wildman–Crippen LogP) is 2.03. The van der Waals surface area contributed by atoms with E-state index in [1.165, 1.54) is 0 Å². The minimum atomic E-state index is 0.194. The lowest BCUT2D eigenvalue weighted by Gasteiger charge is -2.18. The monoisotopic (exact) mass is 222 g/mol. The van der Waals surface area contributed by atoms with Crippen LogP contribution in [0.15, 0.2) is 12.3 Å². The number of rotatable bonds is 1. The zero-order valence-corrected chi connectivity index (χ0v) is 9.16. The molecule has 1 saturated heterocycles. The van der Waals surface area contributed by atoms with Crippen molar-refractivity contribution in [2.24, 2.45) is 11.8 Å². The van der Waals surface area contributed by atoms with E-state index in [1.807, 2.05) is 13.0 Å². The first kappa shape index (κ1) is 9.16. The highest BCUT2D eigenvalue weighted by Gasteiger charge is 2.53. The van der Waals surface area contributed by atoms with Gasteiger partial charge in [0, 0.05) is 18.7 Å². The van der Waals surface area contributed by atoms with Crippen molar-refractivity contribution >= 4 is 23.3 Å². The molecule has 3 nitrogen and oxygen atoms in total. The lowest BCUT2D eigenvalue weighted by atomic mass is 10.3. The van der Waals surface area contributed by atoms with Crippen LogP contribution in [0.25, 0.3) is 0 Å². The number of hydrogen-bond donors (Lipinski definition) is 0. The molecular weight excluding hydrogens is 212 g/mol. The Labute approximate surface area is 93.1 Å². The van der Waals surface area contributed by atoms with Crippen molar-refractivity contribution in [3.05, 3.63) is 22.8 Å². The molecule has 2 aliphatic rings. The number of halogens is 1. The maximum absolute atomic E-state index is 11.8. The van der Waals surface area contributed by atoms with Gasteiger partial charge in [-0.25, -0.2) is 4.98 Å². The van der Waals surface area contributed by atoms with E-state index in [4.69, 9.17) is 11.6 Å². The first-order valence-electron chi connectivity index (χ1n) is 5.11. The molecule has 0 unspecified atom stereocenters. The molecule has 15 heavy (non-hydrogen) atoms. The summed E-state index contributed by atoms with van der Waals surface area (Å²) in [6.45, 7) is 2.72. The molecule has 3 rings (SSSR count). The molecule has 1 aliphatic carbocycles. The Bertz CT molecular complexity index is 446. The summed E-state index contributed by atoms with van der Waals surface area (Å²) in [5.74, 6) is 1.63. The second-order valence-corrected chi connectivity index (χ2v) is 4.69. The number of piperidine rings is 1. The topological polar surface area (TPSA) is 33.2 Å². The number of amides is 1. The molecule has 1 aromatic heterocycles. The van der Waals surface area contributed by atoms with Gasteiger partial charge in [-0.2, -0.15) is 0 Å². The summed E-state index contributed by atoms with van der Waals surface area (Å²) in [7, 11) is 0. The molecule has 1 saturated carbocycles. The Balaban J connectivity index is 1.99. The molecule has 0 N–H and O–H groups in total. The van der Waals surface area contributed by atoms with Gasteiger partial charge < -0.3 is 0 Å². The Morgan fingerprint density at radius 1 is 1.60 bits per heavy atom. The van der Waals surface area contributed by atoms with Crippen molar-refractivity contribution in [1.82, 2.24) is 4.98 Å². The van der Waals surface area contributed by atoms with Crippen LogP contribution >= 0.6 is 11.6 Å². The molecule has 2 fully saturated rings. The first-order valence-corrected chi connectivity index (χ1v) is 5.49. The van der Waals surface area contributed by atoms with Gasteiger partial charge in [0.15, 0.2) is 5.82 Å². The third-order valence-corrected chi connectivity index (χ3v) is 3.71. The number of anilines is 1. The van der Waals surface area contributed by atoms with E-state index in [1.54, 1.807) is 11.1 Å². The van der Waals surface area contributed by atoms with Crippen molar-refractivity contribution in [3.63, 3.8) is 0 Å². The summed E-state index contributed by atoms with van der Waals surface area (Å²) in [4.78, 5) is 17.8. The fourth-order valence-electron chi connectivity index (χ4n) is 2.18. The van der Waals surface area contributed by atoms with Gasteiger partial charge in [0.1, 0.15) is 0 Å². The second-order valence-electron chi connectivity index (χ2n) is 4.32. The van der Waals surface area contributed by atoms with Crippen LogP contribution in [0, 0.1) is 18.8 Å². The Hall–Kier alpha value is -1.09. The summed E-state index contributed by atoms with van der Waals surface area (Å²) in [6, 6.07) is 1.85. The minimum absolute atomic E-state index is 0.194. The van der Waals surface area contributed by atoms with Crippen LogP contribution in [0.4, 0.5) is 5.82 Å². The van der Waals surface area contributed by atoms with Crippen LogP contribution < -0.4 is 4.90 Å². The minimum Gasteiger partial charge on any atom is -0.295 e. The van der Waals surface area contributed by atoms with Crippen molar-refractivity contribution in [3.8, 4) is 0 Å². The maximum atomic E-state index is 11.8. The van der Waals surface area contributed by atoms with Crippen molar-refractivity contribution in [2.75, 3.05) is 11.4 Å². The number of nitrogens with zero attached hydrogens (tertiary/aromatic N) is 2. The zero-order chi connectivity index (χ0) is 10.6. The van der Waals surface area contributed by atoms with Crippen LogP contribution in [0.5, 0.6) is 0 Å². The van der Waals surface area contributed by atoms with Gasteiger partial charge in [0.05, 0.1) is 5.02 Å². The van der Waals surface area contributed by atoms with Crippen LogP contribution in [0.1, 0.15) is 12.0 Å². The second kappa shape index (κ2) is 2.95. The van der Waals surface area contributed by atoms with E-state index in [0.29, 0.717) is 16.8 Å². The van der Waals surface area contributed by atoms with Gasteiger partial charge in [0.2, 0.25) is 5.91 Å². The van der Waals surface area contributed by atoms with Crippen molar-refractivity contribution in [1.29, 1.82) is 0 Å². The average Bonchev–Trinajstić information content (AvgIpc) is 2.92. The van der Waals surface area contributed by atoms with Gasteiger partial charge in [-0.1, -0.05) is 11.6 Å². The highest BCUT2D eigenvalue weighted by Crippen LogP contribution is 2.48. The zero-order valence-electron chi connectivity index (χ0n) is 8.40. The van der Waals surface area contributed by atoms with E-state index in [-0.39, 0.29) is 11.8 Å². The number of carbonyl (C=O) groups excluding carboxylic acids is 1. The highest BCUT2D eigenvalue weighted by molar-refractivity contribution is 6.34. The van der Waals surface area contributed by atoms with E-state index in [0.717, 1.165) is 18.5 Å². The Kier molecular flexibility index (Phi) is 1.80. The number of pyridine rings is 1. The molecule has 0 spiro atoms. The quantitative estimate of drug-likeness (QED) is 0.729. The molecule has 0 radical (unpaired) electrons. The summed E-state index contributed by atoms with van der Waals surface area (Å²) in [5.41, 5.74) is 0.968. The summed E-state index contributed by atoms with van der Waals surface area (Å²) < 4.78 is 0. The highest BCUT2D eigenvalue weighted by atomic mass is 35.5. The molecule has 4 heteroatoms. The fraction of sp³-hybridized carbons (Fsp3) is 0.455. The molecule has 2 atom stereocenters. The molecule has 1 aromatic rings. The van der Waals surface area contributed by atoms with Crippen LogP contribution in [0.2, 0.25) is 5.02 Å². The van der Waals surface area contributed by atoms with Gasteiger partial charge in [-0.15, -0.1) is 0 Å². The van der Waals surface area contributed by atoms with Gasteiger partial charge in [0.25, 0.3) is 0 Å². The lowest BCUT2D eigenvalue weighted by molar-refractivity contribution is -0.118. The summed E-state index contributed by atoms with van der Waals surface area (Å²) in [5, 5.41) is 0.604. The molecule has 0 aromatic carbocycles. The van der Waals surface area contributed by atoms with Gasteiger partial charge >= 0.3 is 0 Å². The largest absolute Gasteiger partial charge is 0.295 e. The van der Waals surface area contributed by atoms with E-state index in [2.05, 4.69) is 4.98 Å². The third-order valence-electron chi connectivity index (χ3n) is 3.24. The predicted molar refractivity (Wildman–Crippen MR) is 57.9 cm³/mol. The van der Waals surface area contributed by atoms with Crippen LogP contribution in [0.3, 0.4) is 0 Å². The standard InChI is InChI=1S/C11H11ClN2O/c1-6-2-3-13-10(9(6)12)14-5-7-4-8(7)11(14)15/h2-3,7-8H,4-5H2,1H3/t7-,8-/m1/s1. The molecular formula is C11H11ClN2O. The van der Waals surface area contributed by atoms with E-state index in [9.17, 15) is 4.79 Å². The summed E-state index contributed by atoms with van der Waals surface area (Å²) in [6.07, 6.45) is 2.76. The molecule has 78 valence electrons. The van der Waals surface area contributed by atoms with Crippen molar-refractivity contribution in [2.45, 2.75) is 13.3 Å². The summed E-state index contributed by atoms with van der Waals surface area (Å²) >= 11 is 6.14. The van der Waals surface area contributed by atoms with Crippen LogP contribution in [-0.2, 0) is 4.79 Å². The maximum Gasteiger partial charge on any atom is 0.231 e. The SMILES string of the molecule is Cc1ccnc(N2C[C@H]3C[C@H]3C2=O)c1Cl. The Morgan fingerprint density at radius 2 is 2.40 bits per heavy atom. The van der Waals surface area contributed by atoms with Crippen LogP contribution in [-0.4, -0.2) is 17.4 Å². The number of hydrogen-bond acceptors (Lipinski definition) is 2. The molecule has 1 amide bonds. The first-order chi connectivity index (χ1) is 7.18. The normalized spacial score (nSPS) is 28.1. The van der Waals surface area contributed by atoms with E-state index >= 15 is 0 Å². The average molecular weight is 223 g/mol. The van der Waals surface area contributed by atoms with Gasteiger partial charge in [-0.3, -0.25) is 9.69 Å².